The highest BCUT2D eigenvalue weighted by Crippen LogP contribution is 2.17. The van der Waals surface area contributed by atoms with Gasteiger partial charge in [0.05, 0.1) is 6.61 Å². The van der Waals surface area contributed by atoms with E-state index >= 15 is 0 Å². The predicted octanol–water partition coefficient (Wildman–Crippen LogP) is 3.83. The zero-order valence-corrected chi connectivity index (χ0v) is 12.3. The van der Waals surface area contributed by atoms with Crippen LogP contribution in [0.3, 0.4) is 0 Å². The number of aromatic amines is 1. The van der Waals surface area contributed by atoms with Crippen LogP contribution in [0.15, 0.2) is 18.2 Å². The maximum absolute atomic E-state index is 11.5. The molecule has 1 heterocycles. The number of H-pyrrole nitrogens is 1. The first-order valence-electron chi connectivity index (χ1n) is 7.44. The fourth-order valence-electron chi connectivity index (χ4n) is 2.05. The average molecular weight is 291 g/mol. The number of ether oxygens (including phenoxy) is 2. The first-order valence-corrected chi connectivity index (χ1v) is 7.44. The molecular weight excluding hydrogens is 270 g/mol. The molecule has 1 aromatic carbocycles. The summed E-state index contributed by atoms with van der Waals surface area (Å²) in [5.74, 6) is 0.407. The SMILES string of the molecule is CCCCCCCCOC(=O)Oc1ccc2n[nH]nc2c1. The summed E-state index contributed by atoms with van der Waals surface area (Å²) < 4.78 is 10.1. The Morgan fingerprint density at radius 2 is 1.86 bits per heavy atom. The molecule has 21 heavy (non-hydrogen) atoms. The lowest BCUT2D eigenvalue weighted by Gasteiger charge is -2.05. The third-order valence-electron chi connectivity index (χ3n) is 3.21. The molecule has 0 fully saturated rings. The highest BCUT2D eigenvalue weighted by Gasteiger charge is 2.07. The lowest BCUT2D eigenvalue weighted by molar-refractivity contribution is 0.0973. The molecule has 6 heteroatoms. The van der Waals surface area contributed by atoms with Gasteiger partial charge in [-0.05, 0) is 18.6 Å². The van der Waals surface area contributed by atoms with Crippen molar-refractivity contribution < 1.29 is 14.3 Å². The molecule has 1 N–H and O–H groups in total. The molecule has 0 amide bonds. The van der Waals surface area contributed by atoms with Crippen molar-refractivity contribution in [2.75, 3.05) is 6.61 Å². The fourth-order valence-corrected chi connectivity index (χ4v) is 2.05. The third kappa shape index (κ3) is 5.06. The number of hydrogen-bond acceptors (Lipinski definition) is 5. The van der Waals surface area contributed by atoms with Gasteiger partial charge in [-0.2, -0.15) is 15.4 Å². The largest absolute Gasteiger partial charge is 0.513 e. The van der Waals surface area contributed by atoms with Crippen molar-refractivity contribution in [2.24, 2.45) is 0 Å². The van der Waals surface area contributed by atoms with Crippen molar-refractivity contribution in [3.05, 3.63) is 18.2 Å². The highest BCUT2D eigenvalue weighted by molar-refractivity contribution is 5.76. The summed E-state index contributed by atoms with van der Waals surface area (Å²) in [7, 11) is 0. The van der Waals surface area contributed by atoms with Crippen LogP contribution < -0.4 is 4.74 Å². The molecule has 0 saturated heterocycles. The van der Waals surface area contributed by atoms with Crippen molar-refractivity contribution in [3.63, 3.8) is 0 Å². The van der Waals surface area contributed by atoms with Gasteiger partial charge in [-0.25, -0.2) is 4.79 Å². The zero-order valence-electron chi connectivity index (χ0n) is 12.3. The minimum Gasteiger partial charge on any atom is -0.434 e. The number of aromatic nitrogens is 3. The molecule has 0 bridgehead atoms. The second-order valence-corrected chi connectivity index (χ2v) is 4.94. The van der Waals surface area contributed by atoms with Gasteiger partial charge in [0.25, 0.3) is 0 Å². The Bertz CT molecular complexity index is 568. The molecule has 0 atom stereocenters. The maximum atomic E-state index is 11.5. The molecule has 2 rings (SSSR count). The Hall–Kier alpha value is -2.11. The van der Waals surface area contributed by atoms with Crippen LogP contribution in [-0.2, 0) is 4.74 Å². The Morgan fingerprint density at radius 3 is 2.71 bits per heavy atom. The summed E-state index contributed by atoms with van der Waals surface area (Å²) in [4.78, 5) is 11.5. The third-order valence-corrected chi connectivity index (χ3v) is 3.21. The number of nitrogens with one attached hydrogen (secondary N) is 1. The molecule has 6 nitrogen and oxygen atoms in total. The van der Waals surface area contributed by atoms with Crippen LogP contribution in [0.5, 0.6) is 5.75 Å². The van der Waals surface area contributed by atoms with E-state index in [1.807, 2.05) is 0 Å². The Labute approximate surface area is 123 Å². The van der Waals surface area contributed by atoms with Crippen molar-refractivity contribution in [1.29, 1.82) is 0 Å². The second-order valence-electron chi connectivity index (χ2n) is 4.94. The first-order chi connectivity index (χ1) is 10.3. The van der Waals surface area contributed by atoms with Gasteiger partial charge in [0.2, 0.25) is 0 Å². The van der Waals surface area contributed by atoms with Crippen molar-refractivity contribution in [2.45, 2.75) is 45.4 Å². The van der Waals surface area contributed by atoms with E-state index in [-0.39, 0.29) is 0 Å². The lowest BCUT2D eigenvalue weighted by atomic mass is 10.1. The summed E-state index contributed by atoms with van der Waals surface area (Å²) in [5, 5.41) is 10.4. The van der Waals surface area contributed by atoms with Crippen LogP contribution >= 0.6 is 0 Å². The number of carbonyl (C=O) groups excluding carboxylic acids is 1. The maximum Gasteiger partial charge on any atom is 0.513 e. The zero-order chi connectivity index (χ0) is 14.9. The van der Waals surface area contributed by atoms with E-state index in [1.54, 1.807) is 18.2 Å². The Morgan fingerprint density at radius 1 is 1.10 bits per heavy atom. The van der Waals surface area contributed by atoms with Gasteiger partial charge < -0.3 is 9.47 Å². The van der Waals surface area contributed by atoms with Crippen molar-refractivity contribution >= 4 is 17.2 Å². The Kier molecular flexibility index (Phi) is 5.99. The number of benzene rings is 1. The first kappa shape index (κ1) is 15.3. The summed E-state index contributed by atoms with van der Waals surface area (Å²) in [6.45, 7) is 2.59. The molecule has 0 spiro atoms. The van der Waals surface area contributed by atoms with Gasteiger partial charge in [0.1, 0.15) is 16.8 Å². The van der Waals surface area contributed by atoms with Crippen molar-refractivity contribution in [1.82, 2.24) is 15.4 Å². The molecule has 0 aliphatic carbocycles. The van der Waals surface area contributed by atoms with Crippen molar-refractivity contribution in [3.8, 4) is 5.75 Å². The highest BCUT2D eigenvalue weighted by atomic mass is 16.7. The van der Waals surface area contributed by atoms with Gasteiger partial charge in [0.15, 0.2) is 0 Å². The van der Waals surface area contributed by atoms with Gasteiger partial charge in [-0.15, -0.1) is 0 Å². The number of nitrogens with zero attached hydrogens (tertiary/aromatic N) is 2. The molecular formula is C15H21N3O3. The minimum absolute atomic E-state index is 0.400. The molecule has 0 saturated carbocycles. The van der Waals surface area contributed by atoms with E-state index in [0.717, 1.165) is 18.4 Å². The number of hydrogen-bond donors (Lipinski definition) is 1. The van der Waals surface area contributed by atoms with Gasteiger partial charge in [0, 0.05) is 6.07 Å². The second kappa shape index (κ2) is 8.24. The fraction of sp³-hybridized carbons (Fsp3) is 0.533. The van der Waals surface area contributed by atoms with E-state index in [4.69, 9.17) is 9.47 Å². The van der Waals surface area contributed by atoms with Crippen LogP contribution in [0.4, 0.5) is 4.79 Å². The molecule has 1 aromatic heterocycles. The van der Waals surface area contributed by atoms with Crippen LogP contribution in [0.25, 0.3) is 11.0 Å². The predicted molar refractivity (Wildman–Crippen MR) is 79.2 cm³/mol. The van der Waals surface area contributed by atoms with E-state index in [1.165, 1.54) is 25.7 Å². The lowest BCUT2D eigenvalue weighted by Crippen LogP contribution is -2.11. The van der Waals surface area contributed by atoms with Crippen LogP contribution in [0.1, 0.15) is 45.4 Å². The van der Waals surface area contributed by atoms with Crippen LogP contribution in [0, 0.1) is 0 Å². The standard InChI is InChI=1S/C15H21N3O3/c1-2-3-4-5-6-7-10-20-15(19)21-12-8-9-13-14(11-12)17-18-16-13/h8-9,11H,2-7,10H2,1H3,(H,16,17,18). The minimum atomic E-state index is -0.675. The molecule has 0 radical (unpaired) electrons. The van der Waals surface area contributed by atoms with E-state index in [0.29, 0.717) is 17.9 Å². The number of rotatable bonds is 8. The molecule has 0 aliphatic heterocycles. The van der Waals surface area contributed by atoms with E-state index in [2.05, 4.69) is 22.3 Å². The number of unbranched alkanes of at least 4 members (excludes halogenated alkanes) is 5. The Balaban J connectivity index is 1.65. The summed E-state index contributed by atoms with van der Waals surface area (Å²) in [5.41, 5.74) is 1.37. The molecule has 0 aliphatic rings. The quantitative estimate of drug-likeness (QED) is 0.454. The topological polar surface area (TPSA) is 77.1 Å². The monoisotopic (exact) mass is 291 g/mol. The number of carbonyl (C=O) groups is 1. The van der Waals surface area contributed by atoms with E-state index in [9.17, 15) is 4.79 Å². The van der Waals surface area contributed by atoms with Crippen LogP contribution in [0.2, 0.25) is 0 Å². The molecule has 114 valence electrons. The van der Waals surface area contributed by atoms with Crippen LogP contribution in [-0.4, -0.2) is 28.2 Å². The normalized spacial score (nSPS) is 10.7. The number of fused-ring (bicyclic) bond motifs is 1. The van der Waals surface area contributed by atoms with Gasteiger partial charge in [-0.1, -0.05) is 39.0 Å². The molecule has 2 aromatic rings. The summed E-state index contributed by atoms with van der Waals surface area (Å²) in [6.07, 6.45) is 6.23. The van der Waals surface area contributed by atoms with E-state index < -0.39 is 6.16 Å². The summed E-state index contributed by atoms with van der Waals surface area (Å²) in [6, 6.07) is 5.04. The average Bonchev–Trinajstić information content (AvgIpc) is 2.94. The smallest absolute Gasteiger partial charge is 0.434 e. The van der Waals surface area contributed by atoms with Gasteiger partial charge in [-0.3, -0.25) is 0 Å². The summed E-state index contributed by atoms with van der Waals surface area (Å²) >= 11 is 0. The van der Waals surface area contributed by atoms with Gasteiger partial charge >= 0.3 is 6.16 Å². The molecule has 0 unspecified atom stereocenters.